The van der Waals surface area contributed by atoms with Crippen molar-refractivity contribution in [3.8, 4) is 0 Å². The lowest BCUT2D eigenvalue weighted by Gasteiger charge is -2.34. The first kappa shape index (κ1) is 13.1. The number of hydrogen-bond acceptors (Lipinski definition) is 3. The Hall–Kier alpha value is -1.39. The van der Waals surface area contributed by atoms with Gasteiger partial charge < -0.3 is 10.0 Å². The molecule has 1 N–H and O–H groups in total. The van der Waals surface area contributed by atoms with E-state index in [1.165, 1.54) is 4.90 Å². The normalized spacial score (nSPS) is 23.1. The Morgan fingerprint density at radius 1 is 1.33 bits per heavy atom. The molecule has 0 aromatic carbocycles. The fourth-order valence-corrected chi connectivity index (χ4v) is 2.97. The predicted octanol–water partition coefficient (Wildman–Crippen LogP) is 1.81. The van der Waals surface area contributed by atoms with Gasteiger partial charge in [0.2, 0.25) is 0 Å². The molecular weight excluding hydrogens is 232 g/mol. The maximum atomic E-state index is 12.2. The van der Waals surface area contributed by atoms with E-state index in [4.69, 9.17) is 5.11 Å². The van der Waals surface area contributed by atoms with Gasteiger partial charge in [-0.3, -0.25) is 14.6 Å². The van der Waals surface area contributed by atoms with E-state index in [0.717, 1.165) is 38.5 Å². The van der Waals surface area contributed by atoms with Crippen LogP contribution in [0.5, 0.6) is 0 Å². The number of hydrogen-bond donors (Lipinski definition) is 1. The van der Waals surface area contributed by atoms with Gasteiger partial charge in [-0.25, -0.2) is 0 Å². The van der Waals surface area contributed by atoms with E-state index >= 15 is 0 Å². The molecular formula is C13H20N2O3. The third kappa shape index (κ3) is 2.26. The van der Waals surface area contributed by atoms with Crippen LogP contribution in [-0.2, 0) is 9.59 Å². The van der Waals surface area contributed by atoms with Crippen molar-refractivity contribution >= 4 is 17.6 Å². The molecule has 1 aliphatic heterocycles. The number of aliphatic carboxylic acids is 1. The number of carbonyl (C=O) groups is 2. The molecule has 0 bridgehead atoms. The average Bonchev–Trinajstić information content (AvgIpc) is 2.52. The van der Waals surface area contributed by atoms with E-state index in [-0.39, 0.29) is 12.5 Å². The largest absolute Gasteiger partial charge is 0.480 e. The lowest BCUT2D eigenvalue weighted by atomic mass is 10.00. The molecule has 0 radical (unpaired) electrons. The maximum absolute atomic E-state index is 12.2. The van der Waals surface area contributed by atoms with E-state index in [1.807, 2.05) is 6.92 Å². The van der Waals surface area contributed by atoms with Crippen molar-refractivity contribution < 1.29 is 14.7 Å². The van der Waals surface area contributed by atoms with Crippen LogP contribution in [0, 0.1) is 0 Å². The Labute approximate surface area is 107 Å². The summed E-state index contributed by atoms with van der Waals surface area (Å²) in [5.74, 6) is -1.14. The van der Waals surface area contributed by atoms with Gasteiger partial charge >= 0.3 is 5.97 Å². The first-order valence-electron chi connectivity index (χ1n) is 6.71. The van der Waals surface area contributed by atoms with Gasteiger partial charge in [-0.15, -0.1) is 0 Å². The summed E-state index contributed by atoms with van der Waals surface area (Å²) in [6.07, 6.45) is 6.51. The average molecular weight is 252 g/mol. The Bertz CT molecular complexity index is 382. The molecule has 100 valence electrons. The van der Waals surface area contributed by atoms with Gasteiger partial charge in [-0.1, -0.05) is 19.8 Å². The summed E-state index contributed by atoms with van der Waals surface area (Å²) in [6.45, 7) is 1.66. The zero-order valence-corrected chi connectivity index (χ0v) is 10.8. The molecule has 2 rings (SSSR count). The fourth-order valence-electron chi connectivity index (χ4n) is 2.97. The van der Waals surface area contributed by atoms with E-state index in [1.54, 1.807) is 0 Å². The topological polar surface area (TPSA) is 70.0 Å². The fraction of sp³-hybridized carbons (Fsp3) is 0.769. The van der Waals surface area contributed by atoms with Crippen molar-refractivity contribution in [1.29, 1.82) is 0 Å². The maximum Gasteiger partial charge on any atom is 0.323 e. The molecule has 0 unspecified atom stereocenters. The zero-order valence-electron chi connectivity index (χ0n) is 10.8. The van der Waals surface area contributed by atoms with Crippen LogP contribution in [0.4, 0.5) is 0 Å². The number of aliphatic imine (C=N–C) groups is 1. The highest BCUT2D eigenvalue weighted by atomic mass is 16.4. The number of carboxylic acids is 1. The van der Waals surface area contributed by atoms with Gasteiger partial charge in [0, 0.05) is 0 Å². The van der Waals surface area contributed by atoms with E-state index in [9.17, 15) is 9.59 Å². The molecule has 5 heteroatoms. The molecule has 5 nitrogen and oxygen atoms in total. The molecule has 1 fully saturated rings. The summed E-state index contributed by atoms with van der Waals surface area (Å²) in [7, 11) is 0. The van der Waals surface area contributed by atoms with Crippen molar-refractivity contribution in [2.75, 3.05) is 6.54 Å². The molecule has 2 aliphatic rings. The number of nitrogens with zero attached hydrogens (tertiary/aromatic N) is 2. The van der Waals surface area contributed by atoms with Crippen LogP contribution < -0.4 is 0 Å². The Morgan fingerprint density at radius 2 is 1.94 bits per heavy atom. The van der Waals surface area contributed by atoms with Crippen LogP contribution >= 0.6 is 0 Å². The Balaban J connectivity index is 2.30. The highest BCUT2D eigenvalue weighted by Crippen LogP contribution is 2.37. The molecule has 1 aliphatic carbocycles. The summed E-state index contributed by atoms with van der Waals surface area (Å²) in [6, 6.07) is 0. The Kier molecular flexibility index (Phi) is 3.68. The summed E-state index contributed by atoms with van der Waals surface area (Å²) < 4.78 is 0. The number of carbonyl (C=O) groups excluding carboxylic acids is 1. The van der Waals surface area contributed by atoms with Gasteiger partial charge in [0.15, 0.2) is 0 Å². The van der Waals surface area contributed by atoms with Crippen LogP contribution in [0.25, 0.3) is 0 Å². The van der Waals surface area contributed by atoms with Crippen LogP contribution in [0.1, 0.15) is 51.9 Å². The van der Waals surface area contributed by atoms with Crippen molar-refractivity contribution in [3.63, 3.8) is 0 Å². The van der Waals surface area contributed by atoms with Crippen LogP contribution in [-0.4, -0.2) is 39.8 Å². The molecule has 1 amide bonds. The van der Waals surface area contributed by atoms with Crippen molar-refractivity contribution in [3.05, 3.63) is 0 Å². The highest BCUT2D eigenvalue weighted by molar-refractivity contribution is 6.40. The van der Waals surface area contributed by atoms with E-state index in [2.05, 4.69) is 4.99 Å². The molecule has 1 spiro atoms. The minimum absolute atomic E-state index is 0.179. The zero-order chi connectivity index (χ0) is 13.2. The Morgan fingerprint density at radius 3 is 2.44 bits per heavy atom. The number of amides is 1. The molecule has 18 heavy (non-hydrogen) atoms. The van der Waals surface area contributed by atoms with Crippen LogP contribution in [0.15, 0.2) is 4.99 Å². The third-order valence-electron chi connectivity index (χ3n) is 3.87. The summed E-state index contributed by atoms with van der Waals surface area (Å²) in [4.78, 5) is 29.2. The third-order valence-corrected chi connectivity index (χ3v) is 3.87. The van der Waals surface area contributed by atoms with Crippen molar-refractivity contribution in [1.82, 2.24) is 4.90 Å². The predicted molar refractivity (Wildman–Crippen MR) is 67.5 cm³/mol. The van der Waals surface area contributed by atoms with Gasteiger partial charge in [0.25, 0.3) is 5.91 Å². The standard InChI is InChI=1S/C13H20N2O3/c1-2-10-12(18)15(9-11(16)17)13(14-10)7-5-3-4-6-8-13/h2-9H2,1H3,(H,16,17). The van der Waals surface area contributed by atoms with Gasteiger partial charge in [0.05, 0.1) is 0 Å². The SMILES string of the molecule is CCC1=NC2(CCCCCC2)N(CC(=O)O)C1=O. The van der Waals surface area contributed by atoms with Gasteiger partial charge in [0.1, 0.15) is 17.9 Å². The number of carboxylic acid groups (broad SMARTS) is 1. The smallest absolute Gasteiger partial charge is 0.323 e. The highest BCUT2D eigenvalue weighted by Gasteiger charge is 2.46. The van der Waals surface area contributed by atoms with Gasteiger partial charge in [-0.2, -0.15) is 0 Å². The first-order chi connectivity index (χ1) is 8.59. The number of rotatable bonds is 3. The van der Waals surface area contributed by atoms with Gasteiger partial charge in [-0.05, 0) is 32.1 Å². The van der Waals surface area contributed by atoms with Crippen LogP contribution in [0.3, 0.4) is 0 Å². The molecule has 0 aromatic heterocycles. The van der Waals surface area contributed by atoms with Crippen LogP contribution in [0.2, 0.25) is 0 Å². The van der Waals surface area contributed by atoms with E-state index < -0.39 is 11.6 Å². The monoisotopic (exact) mass is 252 g/mol. The lowest BCUT2D eigenvalue weighted by Crippen LogP contribution is -2.49. The molecule has 0 aromatic rings. The second-order valence-electron chi connectivity index (χ2n) is 5.09. The van der Waals surface area contributed by atoms with E-state index in [0.29, 0.717) is 12.1 Å². The summed E-state index contributed by atoms with van der Waals surface area (Å²) in [5.41, 5.74) is -0.0183. The molecule has 1 saturated carbocycles. The second-order valence-corrected chi connectivity index (χ2v) is 5.09. The molecule has 0 saturated heterocycles. The van der Waals surface area contributed by atoms with Crippen molar-refractivity contribution in [2.45, 2.75) is 57.5 Å². The summed E-state index contributed by atoms with van der Waals surface area (Å²) in [5, 5.41) is 8.99. The van der Waals surface area contributed by atoms with Crippen molar-refractivity contribution in [2.24, 2.45) is 4.99 Å². The minimum Gasteiger partial charge on any atom is -0.480 e. The molecule has 1 heterocycles. The molecule has 0 atom stereocenters. The summed E-state index contributed by atoms with van der Waals surface area (Å²) >= 11 is 0. The second kappa shape index (κ2) is 5.08. The quantitative estimate of drug-likeness (QED) is 0.832. The lowest BCUT2D eigenvalue weighted by molar-refractivity contribution is -0.145. The first-order valence-corrected chi connectivity index (χ1v) is 6.71. The minimum atomic E-state index is -0.959.